The van der Waals surface area contributed by atoms with Gasteiger partial charge in [0.15, 0.2) is 0 Å². The van der Waals surface area contributed by atoms with Crippen LogP contribution in [-0.2, 0) is 4.79 Å². The molecule has 0 atom stereocenters. The lowest BCUT2D eigenvalue weighted by Gasteiger charge is -2.28. The molecule has 1 heterocycles. The first kappa shape index (κ1) is 11.3. The average molecular weight is 240 g/mol. The molecule has 1 aromatic rings. The van der Waals surface area contributed by atoms with Gasteiger partial charge in [-0.1, -0.05) is 11.6 Å². The number of hydrogen-bond acceptors (Lipinski definition) is 3. The Balaban J connectivity index is 2.15. The van der Waals surface area contributed by atoms with E-state index >= 15 is 0 Å². The number of piperidine rings is 1. The van der Waals surface area contributed by atoms with Crippen LogP contribution in [0.25, 0.3) is 0 Å². The van der Waals surface area contributed by atoms with Gasteiger partial charge in [-0.2, -0.15) is 0 Å². The van der Waals surface area contributed by atoms with E-state index in [2.05, 4.69) is 4.90 Å². The van der Waals surface area contributed by atoms with E-state index in [1.807, 2.05) is 18.2 Å². The van der Waals surface area contributed by atoms with E-state index in [9.17, 15) is 4.79 Å². The standard InChI is InChI=1S/C12H14ClNO2/c1-16-12-3-2-9(8-11(12)13)14-6-4-10(15)5-7-14/h2-3,8H,4-7H2,1H3. The molecule has 0 amide bonds. The van der Waals surface area contributed by atoms with E-state index in [0.29, 0.717) is 29.4 Å². The Morgan fingerprint density at radius 1 is 1.31 bits per heavy atom. The summed E-state index contributed by atoms with van der Waals surface area (Å²) < 4.78 is 5.10. The Hall–Kier alpha value is -1.22. The van der Waals surface area contributed by atoms with Crippen LogP contribution in [0.5, 0.6) is 5.75 Å². The molecule has 1 aromatic carbocycles. The molecule has 2 rings (SSSR count). The number of hydrogen-bond donors (Lipinski definition) is 0. The van der Waals surface area contributed by atoms with E-state index in [4.69, 9.17) is 16.3 Å². The first-order chi connectivity index (χ1) is 7.70. The van der Waals surface area contributed by atoms with Crippen LogP contribution in [0.2, 0.25) is 5.02 Å². The molecule has 0 unspecified atom stereocenters. The second kappa shape index (κ2) is 4.74. The molecular weight excluding hydrogens is 226 g/mol. The SMILES string of the molecule is COc1ccc(N2CCC(=O)CC2)cc1Cl. The van der Waals surface area contributed by atoms with Gasteiger partial charge in [0.1, 0.15) is 11.5 Å². The maximum Gasteiger partial charge on any atom is 0.137 e. The van der Waals surface area contributed by atoms with E-state index < -0.39 is 0 Å². The number of benzene rings is 1. The Morgan fingerprint density at radius 2 is 2.00 bits per heavy atom. The quantitative estimate of drug-likeness (QED) is 0.794. The predicted octanol–water partition coefficient (Wildman–Crippen LogP) is 2.52. The molecule has 0 aliphatic carbocycles. The number of methoxy groups -OCH3 is 1. The molecule has 0 N–H and O–H groups in total. The number of ketones is 1. The van der Waals surface area contributed by atoms with Gasteiger partial charge in [0.25, 0.3) is 0 Å². The molecule has 1 aliphatic rings. The Bertz CT molecular complexity index is 396. The summed E-state index contributed by atoms with van der Waals surface area (Å²) in [6.45, 7) is 1.56. The molecule has 0 aromatic heterocycles. The molecule has 86 valence electrons. The highest BCUT2D eigenvalue weighted by atomic mass is 35.5. The second-order valence-electron chi connectivity index (χ2n) is 3.84. The van der Waals surface area contributed by atoms with Gasteiger partial charge in [-0.3, -0.25) is 4.79 Å². The lowest BCUT2D eigenvalue weighted by atomic mass is 10.1. The van der Waals surface area contributed by atoms with Crippen LogP contribution in [0.3, 0.4) is 0 Å². The largest absolute Gasteiger partial charge is 0.495 e. The fourth-order valence-electron chi connectivity index (χ4n) is 1.87. The van der Waals surface area contributed by atoms with Crippen molar-refractivity contribution in [2.24, 2.45) is 0 Å². The predicted molar refractivity (Wildman–Crippen MR) is 64.5 cm³/mol. The van der Waals surface area contributed by atoms with Gasteiger partial charge in [0.2, 0.25) is 0 Å². The minimum Gasteiger partial charge on any atom is -0.495 e. The number of carbonyl (C=O) groups excluding carboxylic acids is 1. The summed E-state index contributed by atoms with van der Waals surface area (Å²) in [6.07, 6.45) is 1.26. The van der Waals surface area contributed by atoms with E-state index in [1.165, 1.54) is 0 Å². The number of ether oxygens (including phenoxy) is 1. The van der Waals surface area contributed by atoms with Gasteiger partial charge in [-0.15, -0.1) is 0 Å². The number of Topliss-reactive ketones (excluding diaryl/α,β-unsaturated/α-hetero) is 1. The van der Waals surface area contributed by atoms with Crippen molar-refractivity contribution in [3.63, 3.8) is 0 Å². The van der Waals surface area contributed by atoms with Gasteiger partial charge >= 0.3 is 0 Å². The van der Waals surface area contributed by atoms with Crippen LogP contribution >= 0.6 is 11.6 Å². The van der Waals surface area contributed by atoms with Gasteiger partial charge in [-0.05, 0) is 18.2 Å². The van der Waals surface area contributed by atoms with Gasteiger partial charge < -0.3 is 9.64 Å². The van der Waals surface area contributed by atoms with Crippen LogP contribution < -0.4 is 9.64 Å². The topological polar surface area (TPSA) is 29.5 Å². The van der Waals surface area contributed by atoms with Gasteiger partial charge in [-0.25, -0.2) is 0 Å². The summed E-state index contributed by atoms with van der Waals surface area (Å²) in [5.74, 6) is 1.02. The molecule has 1 fully saturated rings. The third-order valence-electron chi connectivity index (χ3n) is 2.82. The summed E-state index contributed by atoms with van der Waals surface area (Å²) in [5, 5.41) is 0.608. The number of halogens is 1. The van der Waals surface area contributed by atoms with Crippen molar-refractivity contribution in [1.29, 1.82) is 0 Å². The van der Waals surface area contributed by atoms with Crippen molar-refractivity contribution in [3.05, 3.63) is 23.2 Å². The molecule has 16 heavy (non-hydrogen) atoms. The molecule has 4 heteroatoms. The van der Waals surface area contributed by atoms with E-state index in [1.54, 1.807) is 7.11 Å². The Labute approximate surface area is 100.0 Å². The Morgan fingerprint density at radius 3 is 2.56 bits per heavy atom. The molecule has 1 aliphatic heterocycles. The summed E-state index contributed by atoms with van der Waals surface area (Å²) in [6, 6.07) is 5.71. The molecule has 1 saturated heterocycles. The maximum atomic E-state index is 11.1. The number of carbonyl (C=O) groups is 1. The summed E-state index contributed by atoms with van der Waals surface area (Å²) >= 11 is 6.06. The first-order valence-corrected chi connectivity index (χ1v) is 5.68. The third-order valence-corrected chi connectivity index (χ3v) is 3.12. The highest BCUT2D eigenvalue weighted by Gasteiger charge is 2.17. The fourth-order valence-corrected chi connectivity index (χ4v) is 2.12. The van der Waals surface area contributed by atoms with Crippen LogP contribution in [0.15, 0.2) is 18.2 Å². The van der Waals surface area contributed by atoms with Crippen LogP contribution in [-0.4, -0.2) is 26.0 Å². The first-order valence-electron chi connectivity index (χ1n) is 5.31. The highest BCUT2D eigenvalue weighted by Crippen LogP contribution is 2.29. The van der Waals surface area contributed by atoms with Crippen LogP contribution in [0.4, 0.5) is 5.69 Å². The average Bonchev–Trinajstić information content (AvgIpc) is 2.30. The van der Waals surface area contributed by atoms with Crippen molar-refractivity contribution >= 4 is 23.1 Å². The lowest BCUT2D eigenvalue weighted by molar-refractivity contribution is -0.119. The summed E-state index contributed by atoms with van der Waals surface area (Å²) in [7, 11) is 1.60. The number of anilines is 1. The highest BCUT2D eigenvalue weighted by molar-refractivity contribution is 6.32. The summed E-state index contributed by atoms with van der Waals surface area (Å²) in [4.78, 5) is 13.3. The lowest BCUT2D eigenvalue weighted by Crippen LogP contribution is -2.33. The van der Waals surface area contributed by atoms with Crippen molar-refractivity contribution < 1.29 is 9.53 Å². The van der Waals surface area contributed by atoms with Crippen molar-refractivity contribution in [1.82, 2.24) is 0 Å². The number of nitrogens with zero attached hydrogens (tertiary/aromatic N) is 1. The smallest absolute Gasteiger partial charge is 0.137 e. The van der Waals surface area contributed by atoms with Crippen LogP contribution in [0, 0.1) is 0 Å². The zero-order valence-electron chi connectivity index (χ0n) is 9.20. The monoisotopic (exact) mass is 239 g/mol. The molecule has 0 spiro atoms. The minimum atomic E-state index is 0.343. The Kier molecular flexibility index (Phi) is 3.34. The molecular formula is C12H14ClNO2. The number of rotatable bonds is 2. The third kappa shape index (κ3) is 2.30. The van der Waals surface area contributed by atoms with Gasteiger partial charge in [0, 0.05) is 31.6 Å². The van der Waals surface area contributed by atoms with Gasteiger partial charge in [0.05, 0.1) is 12.1 Å². The van der Waals surface area contributed by atoms with E-state index in [0.717, 1.165) is 18.8 Å². The van der Waals surface area contributed by atoms with E-state index in [-0.39, 0.29) is 0 Å². The fraction of sp³-hybridized carbons (Fsp3) is 0.417. The molecule has 0 saturated carbocycles. The zero-order chi connectivity index (χ0) is 11.5. The van der Waals surface area contributed by atoms with Crippen LogP contribution in [0.1, 0.15) is 12.8 Å². The molecule has 0 radical (unpaired) electrons. The van der Waals surface area contributed by atoms with Crippen molar-refractivity contribution in [2.75, 3.05) is 25.1 Å². The van der Waals surface area contributed by atoms with Crippen molar-refractivity contribution in [2.45, 2.75) is 12.8 Å². The maximum absolute atomic E-state index is 11.1. The second-order valence-corrected chi connectivity index (χ2v) is 4.25. The minimum absolute atomic E-state index is 0.343. The normalized spacial score (nSPS) is 16.4. The summed E-state index contributed by atoms with van der Waals surface area (Å²) in [5.41, 5.74) is 1.05. The molecule has 3 nitrogen and oxygen atoms in total. The zero-order valence-corrected chi connectivity index (χ0v) is 9.96. The molecule has 0 bridgehead atoms. The van der Waals surface area contributed by atoms with Crippen molar-refractivity contribution in [3.8, 4) is 5.75 Å².